The predicted octanol–water partition coefficient (Wildman–Crippen LogP) is 3.61. The van der Waals surface area contributed by atoms with Crippen molar-refractivity contribution >= 4 is 12.2 Å². The van der Waals surface area contributed by atoms with Crippen LogP contribution in [-0.4, -0.2) is 40.7 Å². The highest BCUT2D eigenvalue weighted by atomic mass is 16.5. The summed E-state index contributed by atoms with van der Waals surface area (Å²) in [5.74, 6) is 2.29. The zero-order valence-corrected chi connectivity index (χ0v) is 15.0. The van der Waals surface area contributed by atoms with Gasteiger partial charge in [0, 0.05) is 5.56 Å². The quantitative estimate of drug-likeness (QED) is 0.773. The van der Waals surface area contributed by atoms with E-state index in [1.165, 1.54) is 14.2 Å². The minimum atomic E-state index is -0.0444. The number of rotatable bonds is 7. The first kappa shape index (κ1) is 18.3. The summed E-state index contributed by atoms with van der Waals surface area (Å²) in [5, 5.41) is 10.2. The Morgan fingerprint density at radius 1 is 0.680 bits per heavy atom. The maximum atomic E-state index is 10.2. The summed E-state index contributed by atoms with van der Waals surface area (Å²) in [4.78, 5) is 0. The van der Waals surface area contributed by atoms with E-state index < -0.39 is 0 Å². The third-order valence-electron chi connectivity index (χ3n) is 3.69. The molecule has 2 aromatic rings. The standard InChI is InChI=1S/C19H22O6/c1-21-14-9-8-13(18(24-4)17(14)20)7-6-12-10-15(22-2)19(25-5)16(11-12)23-3/h6-11,20H,1-5H3/b7-6-. The Labute approximate surface area is 147 Å². The zero-order chi connectivity index (χ0) is 18.4. The number of phenolic OH excluding ortho intramolecular Hbond substituents is 1. The zero-order valence-electron chi connectivity index (χ0n) is 15.0. The van der Waals surface area contributed by atoms with Gasteiger partial charge in [0.1, 0.15) is 0 Å². The van der Waals surface area contributed by atoms with E-state index in [2.05, 4.69) is 0 Å². The monoisotopic (exact) mass is 346 g/mol. The van der Waals surface area contributed by atoms with E-state index in [1.807, 2.05) is 24.3 Å². The molecule has 0 fully saturated rings. The summed E-state index contributed by atoms with van der Waals surface area (Å²) in [6, 6.07) is 7.13. The van der Waals surface area contributed by atoms with Crippen LogP contribution in [0.3, 0.4) is 0 Å². The summed E-state index contributed by atoms with van der Waals surface area (Å²) >= 11 is 0. The van der Waals surface area contributed by atoms with Crippen molar-refractivity contribution < 1.29 is 28.8 Å². The molecule has 0 aromatic heterocycles. The van der Waals surface area contributed by atoms with Crippen LogP contribution in [0.4, 0.5) is 0 Å². The molecule has 0 spiro atoms. The molecule has 25 heavy (non-hydrogen) atoms. The number of aromatic hydroxyl groups is 1. The van der Waals surface area contributed by atoms with Crippen molar-refractivity contribution in [1.29, 1.82) is 0 Å². The fraction of sp³-hybridized carbons (Fsp3) is 0.263. The summed E-state index contributed by atoms with van der Waals surface area (Å²) < 4.78 is 26.4. The van der Waals surface area contributed by atoms with E-state index in [4.69, 9.17) is 23.7 Å². The fourth-order valence-corrected chi connectivity index (χ4v) is 2.46. The van der Waals surface area contributed by atoms with Crippen molar-refractivity contribution in [1.82, 2.24) is 0 Å². The first-order valence-electron chi connectivity index (χ1n) is 7.51. The van der Waals surface area contributed by atoms with E-state index >= 15 is 0 Å². The van der Waals surface area contributed by atoms with Crippen molar-refractivity contribution in [2.75, 3.05) is 35.5 Å². The Hall–Kier alpha value is -3.02. The number of hydrogen-bond donors (Lipinski definition) is 1. The van der Waals surface area contributed by atoms with Crippen LogP contribution < -0.4 is 23.7 Å². The van der Waals surface area contributed by atoms with Crippen molar-refractivity contribution in [3.05, 3.63) is 35.4 Å². The number of benzene rings is 2. The number of methoxy groups -OCH3 is 5. The lowest BCUT2D eigenvalue weighted by Gasteiger charge is -2.13. The largest absolute Gasteiger partial charge is 0.502 e. The highest BCUT2D eigenvalue weighted by Crippen LogP contribution is 2.41. The lowest BCUT2D eigenvalue weighted by atomic mass is 10.1. The van der Waals surface area contributed by atoms with Crippen LogP contribution in [0.2, 0.25) is 0 Å². The van der Waals surface area contributed by atoms with Gasteiger partial charge < -0.3 is 28.8 Å². The molecule has 0 radical (unpaired) electrons. The second kappa shape index (κ2) is 8.19. The maximum absolute atomic E-state index is 10.2. The van der Waals surface area contributed by atoms with E-state index in [0.29, 0.717) is 34.3 Å². The minimum Gasteiger partial charge on any atom is -0.502 e. The van der Waals surface area contributed by atoms with Crippen molar-refractivity contribution in [3.63, 3.8) is 0 Å². The number of ether oxygens (including phenoxy) is 5. The SMILES string of the molecule is COc1ccc(/C=C\c2cc(OC)c(OC)c(OC)c2)c(OC)c1O. The topological polar surface area (TPSA) is 66.4 Å². The van der Waals surface area contributed by atoms with Gasteiger partial charge in [-0.25, -0.2) is 0 Å². The molecule has 6 heteroatoms. The van der Waals surface area contributed by atoms with Gasteiger partial charge in [-0.15, -0.1) is 0 Å². The first-order valence-corrected chi connectivity index (χ1v) is 7.51. The third-order valence-corrected chi connectivity index (χ3v) is 3.69. The average molecular weight is 346 g/mol. The Morgan fingerprint density at radius 3 is 1.72 bits per heavy atom. The number of hydrogen-bond acceptors (Lipinski definition) is 6. The van der Waals surface area contributed by atoms with Gasteiger partial charge in [0.25, 0.3) is 0 Å². The van der Waals surface area contributed by atoms with Gasteiger partial charge in [-0.2, -0.15) is 0 Å². The van der Waals surface area contributed by atoms with Crippen LogP contribution in [-0.2, 0) is 0 Å². The summed E-state index contributed by atoms with van der Waals surface area (Å²) in [6.07, 6.45) is 3.67. The predicted molar refractivity (Wildman–Crippen MR) is 96.2 cm³/mol. The molecule has 0 atom stereocenters. The van der Waals surface area contributed by atoms with Crippen LogP contribution in [0.5, 0.6) is 34.5 Å². The molecule has 1 N–H and O–H groups in total. The van der Waals surface area contributed by atoms with Crippen molar-refractivity contribution in [2.24, 2.45) is 0 Å². The molecule has 0 aliphatic heterocycles. The molecule has 134 valence electrons. The van der Waals surface area contributed by atoms with Gasteiger partial charge in [-0.3, -0.25) is 0 Å². The smallest absolute Gasteiger partial charge is 0.203 e. The molecule has 6 nitrogen and oxygen atoms in total. The van der Waals surface area contributed by atoms with Gasteiger partial charge in [0.2, 0.25) is 11.5 Å². The summed E-state index contributed by atoms with van der Waals surface area (Å²) in [6.45, 7) is 0. The van der Waals surface area contributed by atoms with Crippen molar-refractivity contribution in [2.45, 2.75) is 0 Å². The van der Waals surface area contributed by atoms with Crippen LogP contribution in [0, 0.1) is 0 Å². The van der Waals surface area contributed by atoms with Gasteiger partial charge in [0.15, 0.2) is 23.0 Å². The van der Waals surface area contributed by atoms with Gasteiger partial charge >= 0.3 is 0 Å². The molecule has 0 saturated heterocycles. The van der Waals surface area contributed by atoms with Crippen LogP contribution in [0.1, 0.15) is 11.1 Å². The molecule has 0 aliphatic rings. The normalized spacial score (nSPS) is 10.6. The Kier molecular flexibility index (Phi) is 6.00. The van der Waals surface area contributed by atoms with E-state index in [1.54, 1.807) is 33.5 Å². The van der Waals surface area contributed by atoms with E-state index in [0.717, 1.165) is 5.56 Å². The summed E-state index contributed by atoms with van der Waals surface area (Å²) in [7, 11) is 7.66. The first-order chi connectivity index (χ1) is 12.1. The van der Waals surface area contributed by atoms with Crippen molar-refractivity contribution in [3.8, 4) is 34.5 Å². The molecule has 2 aromatic carbocycles. The average Bonchev–Trinajstić information content (AvgIpc) is 2.65. The van der Waals surface area contributed by atoms with E-state index in [-0.39, 0.29) is 5.75 Å². The molecule has 2 rings (SSSR count). The lowest BCUT2D eigenvalue weighted by Crippen LogP contribution is -1.95. The minimum absolute atomic E-state index is 0.0444. The van der Waals surface area contributed by atoms with Crippen LogP contribution in [0.25, 0.3) is 12.2 Å². The molecule has 0 aliphatic carbocycles. The second-order valence-corrected chi connectivity index (χ2v) is 5.03. The molecule has 0 heterocycles. The van der Waals surface area contributed by atoms with Crippen LogP contribution in [0.15, 0.2) is 24.3 Å². The van der Waals surface area contributed by atoms with Gasteiger partial charge in [-0.1, -0.05) is 12.2 Å². The molecular weight excluding hydrogens is 324 g/mol. The third kappa shape index (κ3) is 3.74. The lowest BCUT2D eigenvalue weighted by molar-refractivity contribution is 0.324. The van der Waals surface area contributed by atoms with E-state index in [9.17, 15) is 5.11 Å². The van der Waals surface area contributed by atoms with Crippen LogP contribution >= 0.6 is 0 Å². The second-order valence-electron chi connectivity index (χ2n) is 5.03. The Bertz CT molecular complexity index is 742. The molecule has 0 saturated carbocycles. The van der Waals surface area contributed by atoms with Gasteiger partial charge in [-0.05, 0) is 29.8 Å². The summed E-state index contributed by atoms with van der Waals surface area (Å²) in [5.41, 5.74) is 1.54. The Balaban J connectivity index is 2.44. The molecule has 0 unspecified atom stereocenters. The fourth-order valence-electron chi connectivity index (χ4n) is 2.46. The Morgan fingerprint density at radius 2 is 1.24 bits per heavy atom. The maximum Gasteiger partial charge on any atom is 0.203 e. The molecule has 0 amide bonds. The molecular formula is C19H22O6. The highest BCUT2D eigenvalue weighted by molar-refractivity contribution is 5.77. The number of phenols is 1. The van der Waals surface area contributed by atoms with Gasteiger partial charge in [0.05, 0.1) is 35.5 Å². The highest BCUT2D eigenvalue weighted by Gasteiger charge is 2.14. The molecule has 0 bridgehead atoms.